The molecule has 0 fully saturated rings. The highest BCUT2D eigenvalue weighted by Gasteiger charge is 2.04. The molecule has 0 aliphatic heterocycles. The first kappa shape index (κ1) is 14.0. The topological polar surface area (TPSA) is 70.7 Å². The van der Waals surface area contributed by atoms with E-state index in [2.05, 4.69) is 27.2 Å². The number of hydrogen-bond donors (Lipinski definition) is 2. The van der Waals surface area contributed by atoms with Crippen LogP contribution in [0.4, 0.5) is 11.6 Å². The summed E-state index contributed by atoms with van der Waals surface area (Å²) in [5.41, 5.74) is 3.41. The monoisotopic (exact) mass is 292 g/mol. The Labute approximate surface area is 128 Å². The largest absolute Gasteiger partial charge is 0.326 e. The first-order chi connectivity index (χ1) is 10.7. The van der Waals surface area contributed by atoms with Crippen LogP contribution in [0.25, 0.3) is 11.3 Å². The zero-order valence-corrected chi connectivity index (χ0v) is 12.2. The number of H-pyrrole nitrogens is 1. The lowest BCUT2D eigenvalue weighted by atomic mass is 10.1. The van der Waals surface area contributed by atoms with Gasteiger partial charge in [-0.1, -0.05) is 19.1 Å². The first-order valence-electron chi connectivity index (χ1n) is 7.12. The van der Waals surface area contributed by atoms with Gasteiger partial charge in [0, 0.05) is 29.7 Å². The predicted molar refractivity (Wildman–Crippen MR) is 87.2 cm³/mol. The maximum absolute atomic E-state index is 11.8. The van der Waals surface area contributed by atoms with Gasteiger partial charge in [0.15, 0.2) is 0 Å². The van der Waals surface area contributed by atoms with Gasteiger partial charge in [0.2, 0.25) is 5.95 Å². The molecule has 3 aromatic rings. The van der Waals surface area contributed by atoms with Crippen molar-refractivity contribution in [1.29, 1.82) is 0 Å². The van der Waals surface area contributed by atoms with E-state index >= 15 is 0 Å². The number of anilines is 2. The first-order valence-corrected chi connectivity index (χ1v) is 7.12. The zero-order chi connectivity index (χ0) is 15.4. The van der Waals surface area contributed by atoms with Crippen molar-refractivity contribution in [3.63, 3.8) is 0 Å². The molecule has 22 heavy (non-hydrogen) atoms. The number of aromatic nitrogens is 3. The lowest BCUT2D eigenvalue weighted by Crippen LogP contribution is -2.10. The predicted octanol–water partition coefficient (Wildman–Crippen LogP) is 3.14. The van der Waals surface area contributed by atoms with Gasteiger partial charge in [0.25, 0.3) is 5.56 Å². The summed E-state index contributed by atoms with van der Waals surface area (Å²) >= 11 is 0. The number of pyridine rings is 1. The van der Waals surface area contributed by atoms with Crippen LogP contribution in [0.3, 0.4) is 0 Å². The maximum Gasteiger partial charge on any atom is 0.252 e. The Kier molecular flexibility index (Phi) is 3.96. The van der Waals surface area contributed by atoms with Crippen molar-refractivity contribution in [2.75, 3.05) is 5.32 Å². The van der Waals surface area contributed by atoms with Gasteiger partial charge >= 0.3 is 0 Å². The SMILES string of the molecule is CCc1ccc(Nc2nc(-c3ccncc3)cc(=O)[nH]2)cc1. The van der Waals surface area contributed by atoms with E-state index in [0.29, 0.717) is 11.6 Å². The van der Waals surface area contributed by atoms with E-state index in [1.165, 1.54) is 11.6 Å². The minimum Gasteiger partial charge on any atom is -0.326 e. The Bertz CT molecular complexity index is 810. The van der Waals surface area contributed by atoms with E-state index < -0.39 is 0 Å². The number of aromatic amines is 1. The second-order valence-electron chi connectivity index (χ2n) is 4.89. The molecule has 2 heterocycles. The van der Waals surface area contributed by atoms with Crippen molar-refractivity contribution >= 4 is 11.6 Å². The number of benzene rings is 1. The third kappa shape index (κ3) is 3.20. The Morgan fingerprint density at radius 1 is 1.09 bits per heavy atom. The van der Waals surface area contributed by atoms with E-state index in [9.17, 15) is 4.79 Å². The average Bonchev–Trinajstić information content (AvgIpc) is 2.56. The van der Waals surface area contributed by atoms with Gasteiger partial charge < -0.3 is 5.32 Å². The summed E-state index contributed by atoms with van der Waals surface area (Å²) in [6.45, 7) is 2.11. The summed E-state index contributed by atoms with van der Waals surface area (Å²) in [7, 11) is 0. The Balaban J connectivity index is 1.90. The van der Waals surface area contributed by atoms with Crippen LogP contribution in [0.1, 0.15) is 12.5 Å². The average molecular weight is 292 g/mol. The van der Waals surface area contributed by atoms with Gasteiger partial charge in [0.1, 0.15) is 0 Å². The molecule has 0 radical (unpaired) electrons. The van der Waals surface area contributed by atoms with Gasteiger partial charge in [-0.05, 0) is 36.2 Å². The van der Waals surface area contributed by atoms with Crippen molar-refractivity contribution < 1.29 is 0 Å². The zero-order valence-electron chi connectivity index (χ0n) is 12.2. The van der Waals surface area contributed by atoms with Gasteiger partial charge in [-0.2, -0.15) is 0 Å². The second-order valence-corrected chi connectivity index (χ2v) is 4.89. The third-order valence-corrected chi connectivity index (χ3v) is 3.34. The minimum absolute atomic E-state index is 0.200. The summed E-state index contributed by atoms with van der Waals surface area (Å²) in [6, 6.07) is 13.2. The molecule has 110 valence electrons. The van der Waals surface area contributed by atoms with E-state index in [0.717, 1.165) is 17.7 Å². The van der Waals surface area contributed by atoms with Crippen molar-refractivity contribution in [1.82, 2.24) is 15.0 Å². The molecule has 0 bridgehead atoms. The standard InChI is InChI=1S/C17H16N4O/c1-2-12-3-5-14(6-4-12)19-17-20-15(11-16(22)21-17)13-7-9-18-10-8-13/h3-11H,2H2,1H3,(H2,19,20,21,22). The molecule has 0 atom stereocenters. The fraction of sp³-hybridized carbons (Fsp3) is 0.118. The van der Waals surface area contributed by atoms with Crippen molar-refractivity contribution in [3.05, 3.63) is 70.8 Å². The third-order valence-electron chi connectivity index (χ3n) is 3.34. The molecule has 0 unspecified atom stereocenters. The second kappa shape index (κ2) is 6.22. The molecule has 0 spiro atoms. The quantitative estimate of drug-likeness (QED) is 0.775. The molecule has 0 amide bonds. The minimum atomic E-state index is -0.200. The molecular formula is C17H16N4O. The highest BCUT2D eigenvalue weighted by Crippen LogP contribution is 2.17. The summed E-state index contributed by atoms with van der Waals surface area (Å²) in [5, 5.41) is 3.12. The number of rotatable bonds is 4. The molecule has 2 aromatic heterocycles. The molecule has 1 aromatic carbocycles. The Morgan fingerprint density at radius 2 is 1.82 bits per heavy atom. The molecule has 0 aliphatic carbocycles. The van der Waals surface area contributed by atoms with E-state index in [1.54, 1.807) is 12.4 Å². The maximum atomic E-state index is 11.8. The molecule has 0 saturated carbocycles. The Hall–Kier alpha value is -2.95. The molecule has 0 saturated heterocycles. The molecular weight excluding hydrogens is 276 g/mol. The Morgan fingerprint density at radius 3 is 2.50 bits per heavy atom. The van der Waals surface area contributed by atoms with Crippen molar-refractivity contribution in [2.45, 2.75) is 13.3 Å². The molecule has 0 aliphatic rings. The molecule has 3 rings (SSSR count). The van der Waals surface area contributed by atoms with E-state index in [4.69, 9.17) is 0 Å². The smallest absolute Gasteiger partial charge is 0.252 e. The van der Waals surface area contributed by atoms with Crippen molar-refractivity contribution in [2.24, 2.45) is 0 Å². The number of nitrogens with zero attached hydrogens (tertiary/aromatic N) is 2. The van der Waals surface area contributed by atoms with E-state index in [1.807, 2.05) is 36.4 Å². The fourth-order valence-electron chi connectivity index (χ4n) is 2.15. The van der Waals surface area contributed by atoms with E-state index in [-0.39, 0.29) is 5.56 Å². The van der Waals surface area contributed by atoms with Crippen LogP contribution >= 0.6 is 0 Å². The van der Waals surface area contributed by atoms with Crippen LogP contribution in [-0.2, 0) is 6.42 Å². The molecule has 5 heteroatoms. The summed E-state index contributed by atoms with van der Waals surface area (Å²) < 4.78 is 0. The highest BCUT2D eigenvalue weighted by molar-refractivity contribution is 5.61. The van der Waals surface area contributed by atoms with Gasteiger partial charge in [-0.3, -0.25) is 14.8 Å². The van der Waals surface area contributed by atoms with Crippen LogP contribution in [0.15, 0.2) is 59.7 Å². The number of nitrogens with one attached hydrogen (secondary N) is 2. The van der Waals surface area contributed by atoms with Crippen LogP contribution in [0.5, 0.6) is 0 Å². The normalized spacial score (nSPS) is 10.4. The summed E-state index contributed by atoms with van der Waals surface area (Å²) in [6.07, 6.45) is 4.34. The highest BCUT2D eigenvalue weighted by atomic mass is 16.1. The van der Waals surface area contributed by atoms with Crippen LogP contribution in [0, 0.1) is 0 Å². The van der Waals surface area contributed by atoms with Gasteiger partial charge in [-0.25, -0.2) is 4.98 Å². The number of hydrogen-bond acceptors (Lipinski definition) is 4. The van der Waals surface area contributed by atoms with Crippen LogP contribution in [-0.4, -0.2) is 15.0 Å². The number of aryl methyl sites for hydroxylation is 1. The summed E-state index contributed by atoms with van der Waals surface area (Å²) in [4.78, 5) is 22.9. The van der Waals surface area contributed by atoms with Gasteiger partial charge in [-0.15, -0.1) is 0 Å². The van der Waals surface area contributed by atoms with Gasteiger partial charge in [0.05, 0.1) is 5.69 Å². The lowest BCUT2D eigenvalue weighted by molar-refractivity contribution is 1.12. The lowest BCUT2D eigenvalue weighted by Gasteiger charge is -2.08. The van der Waals surface area contributed by atoms with Crippen molar-refractivity contribution in [3.8, 4) is 11.3 Å². The molecule has 5 nitrogen and oxygen atoms in total. The summed E-state index contributed by atoms with van der Waals surface area (Å²) in [5.74, 6) is 0.420. The fourth-order valence-corrected chi connectivity index (χ4v) is 2.15. The molecule has 2 N–H and O–H groups in total. The van der Waals surface area contributed by atoms with Crippen LogP contribution in [0.2, 0.25) is 0 Å². The van der Waals surface area contributed by atoms with Crippen LogP contribution < -0.4 is 10.9 Å².